The van der Waals surface area contributed by atoms with Gasteiger partial charge in [-0.25, -0.2) is 5.14 Å². The van der Waals surface area contributed by atoms with Crippen LogP contribution in [-0.4, -0.2) is 14.0 Å². The molecule has 0 aliphatic carbocycles. The van der Waals surface area contributed by atoms with Gasteiger partial charge in [-0.2, -0.15) is 8.42 Å². The van der Waals surface area contributed by atoms with Crippen molar-refractivity contribution in [3.8, 4) is 0 Å². The van der Waals surface area contributed by atoms with Gasteiger partial charge in [0.25, 0.3) is 0 Å². The van der Waals surface area contributed by atoms with Crippen LogP contribution in [0.2, 0.25) is 0 Å². The Morgan fingerprint density at radius 1 is 1.30 bits per heavy atom. The summed E-state index contributed by atoms with van der Waals surface area (Å²) in [5.74, 6) is 0. The summed E-state index contributed by atoms with van der Waals surface area (Å²) in [5.41, 5.74) is -0.729. The third kappa shape index (κ3) is 10.7. The van der Waals surface area contributed by atoms with Crippen molar-refractivity contribution in [2.45, 2.75) is 26.4 Å². The molecule has 0 unspecified atom stereocenters. The summed E-state index contributed by atoms with van der Waals surface area (Å²) in [4.78, 5) is 0. The van der Waals surface area contributed by atoms with Gasteiger partial charge < -0.3 is 6.15 Å². The van der Waals surface area contributed by atoms with Gasteiger partial charge in [0, 0.05) is 0 Å². The van der Waals surface area contributed by atoms with Gasteiger partial charge in [0.15, 0.2) is 0 Å². The first kappa shape index (κ1) is 12.5. The first-order valence-electron chi connectivity index (χ1n) is 2.44. The monoisotopic (exact) mass is 170 g/mol. The molecule has 0 rings (SSSR count). The molecule has 6 heteroatoms. The summed E-state index contributed by atoms with van der Waals surface area (Å²) in [6, 6.07) is 0. The topological polar surface area (TPSA) is 104 Å². The van der Waals surface area contributed by atoms with Crippen LogP contribution in [0.25, 0.3) is 0 Å². The molecular formula is C4H14N2O3S. The van der Waals surface area contributed by atoms with E-state index in [1.807, 2.05) is 0 Å². The summed E-state index contributed by atoms with van der Waals surface area (Å²) in [6.07, 6.45) is 0. The van der Waals surface area contributed by atoms with E-state index in [0.717, 1.165) is 0 Å². The maximum atomic E-state index is 10.2. The predicted octanol–water partition coefficient (Wildman–Crippen LogP) is 0.167. The van der Waals surface area contributed by atoms with E-state index in [1.54, 1.807) is 20.8 Å². The van der Waals surface area contributed by atoms with Crippen molar-refractivity contribution in [3.63, 3.8) is 0 Å². The number of nitrogens with two attached hydrogens (primary N) is 1. The molecule has 0 heterocycles. The van der Waals surface area contributed by atoms with Crippen LogP contribution in [-0.2, 0) is 14.5 Å². The molecule has 0 aromatic heterocycles. The molecule has 0 fully saturated rings. The van der Waals surface area contributed by atoms with Crippen LogP contribution in [0.15, 0.2) is 0 Å². The molecule has 0 aliphatic rings. The third-order valence-corrected chi connectivity index (χ3v) is 1.10. The van der Waals surface area contributed by atoms with Crippen LogP contribution >= 0.6 is 0 Å². The van der Waals surface area contributed by atoms with Crippen LogP contribution < -0.4 is 11.3 Å². The highest BCUT2D eigenvalue weighted by Crippen LogP contribution is 2.07. The first-order valence-corrected chi connectivity index (χ1v) is 3.91. The number of rotatable bonds is 1. The lowest BCUT2D eigenvalue weighted by Gasteiger charge is -2.15. The highest BCUT2D eigenvalue weighted by molar-refractivity contribution is 7.84. The average Bonchev–Trinajstić information content (AvgIpc) is 1.14. The van der Waals surface area contributed by atoms with Crippen molar-refractivity contribution in [2.75, 3.05) is 0 Å². The normalized spacial score (nSPS) is 12.4. The second-order valence-corrected chi connectivity index (χ2v) is 3.84. The van der Waals surface area contributed by atoms with Gasteiger partial charge in [-0.15, -0.1) is 0 Å². The molecule has 0 aromatic carbocycles. The van der Waals surface area contributed by atoms with E-state index in [-0.39, 0.29) is 6.15 Å². The standard InChI is InChI=1S/C4H11NO3S.H3N/c1-4(2,3)8-9(5,6)7;/h1-3H3,(H2,5,6,7);1H3. The van der Waals surface area contributed by atoms with Crippen LogP contribution in [0.3, 0.4) is 0 Å². The fraction of sp³-hybridized carbons (Fsp3) is 1.00. The minimum Gasteiger partial charge on any atom is -0.344 e. The average molecular weight is 170 g/mol. The zero-order valence-electron chi connectivity index (χ0n) is 6.42. The predicted molar refractivity (Wildman–Crippen MR) is 39.0 cm³/mol. The summed E-state index contributed by atoms with van der Waals surface area (Å²) in [5, 5.41) is 4.57. The van der Waals surface area contributed by atoms with E-state index >= 15 is 0 Å². The fourth-order valence-electron chi connectivity index (χ4n) is 0.348. The van der Waals surface area contributed by atoms with Gasteiger partial charge in [-0.05, 0) is 20.8 Å². The van der Waals surface area contributed by atoms with E-state index in [4.69, 9.17) is 0 Å². The summed E-state index contributed by atoms with van der Waals surface area (Å²) < 4.78 is 24.8. The SMILES string of the molecule is CC(C)(C)OS(N)(=O)=O.N. The van der Waals surface area contributed by atoms with Crippen molar-refractivity contribution in [1.82, 2.24) is 6.15 Å². The zero-order chi connectivity index (χ0) is 7.71. The highest BCUT2D eigenvalue weighted by Gasteiger charge is 2.17. The third-order valence-electron chi connectivity index (χ3n) is 0.366. The second-order valence-electron chi connectivity index (χ2n) is 2.69. The lowest BCUT2D eigenvalue weighted by Crippen LogP contribution is -2.28. The van der Waals surface area contributed by atoms with Gasteiger partial charge in [0.05, 0.1) is 5.60 Å². The van der Waals surface area contributed by atoms with E-state index < -0.39 is 15.9 Å². The van der Waals surface area contributed by atoms with Crippen molar-refractivity contribution >= 4 is 10.3 Å². The quantitative estimate of drug-likeness (QED) is 0.585. The second kappa shape index (κ2) is 3.29. The molecule has 5 N–H and O–H groups in total. The van der Waals surface area contributed by atoms with Crippen LogP contribution in [0.1, 0.15) is 20.8 Å². The summed E-state index contributed by atoms with van der Waals surface area (Å²) in [7, 11) is -3.78. The van der Waals surface area contributed by atoms with Crippen molar-refractivity contribution in [1.29, 1.82) is 0 Å². The van der Waals surface area contributed by atoms with Crippen molar-refractivity contribution in [3.05, 3.63) is 0 Å². The number of hydrogen-bond acceptors (Lipinski definition) is 4. The van der Waals surface area contributed by atoms with Crippen LogP contribution in [0, 0.1) is 0 Å². The lowest BCUT2D eigenvalue weighted by atomic mass is 10.2. The van der Waals surface area contributed by atoms with E-state index in [0.29, 0.717) is 0 Å². The molecule has 0 amide bonds. The van der Waals surface area contributed by atoms with Gasteiger partial charge >= 0.3 is 10.3 Å². The maximum absolute atomic E-state index is 10.2. The molecule has 5 nitrogen and oxygen atoms in total. The van der Waals surface area contributed by atoms with Crippen molar-refractivity contribution < 1.29 is 12.6 Å². The Balaban J connectivity index is 0. The Hall–Kier alpha value is -0.170. The van der Waals surface area contributed by atoms with Crippen LogP contribution in [0.4, 0.5) is 0 Å². The fourth-order valence-corrected chi connectivity index (χ4v) is 1.05. The first-order chi connectivity index (χ1) is 3.71. The van der Waals surface area contributed by atoms with E-state index in [9.17, 15) is 8.42 Å². The number of hydrogen-bond donors (Lipinski definition) is 2. The lowest BCUT2D eigenvalue weighted by molar-refractivity contribution is 0.140. The molecule has 10 heavy (non-hydrogen) atoms. The molecule has 64 valence electrons. The van der Waals surface area contributed by atoms with Gasteiger partial charge in [-0.1, -0.05) is 0 Å². The van der Waals surface area contributed by atoms with E-state index in [2.05, 4.69) is 9.32 Å². The molecule has 0 saturated heterocycles. The van der Waals surface area contributed by atoms with Gasteiger partial charge in [0.1, 0.15) is 0 Å². The van der Waals surface area contributed by atoms with Gasteiger partial charge in [0.2, 0.25) is 0 Å². The Labute approximate surface area is 61.4 Å². The zero-order valence-corrected chi connectivity index (χ0v) is 7.23. The molecule has 0 atom stereocenters. The Morgan fingerprint density at radius 3 is 1.60 bits per heavy atom. The molecular weight excluding hydrogens is 156 g/mol. The largest absolute Gasteiger partial charge is 0.344 e. The Kier molecular flexibility index (Phi) is 4.11. The summed E-state index contributed by atoms with van der Waals surface area (Å²) in [6.45, 7) is 4.83. The molecule has 0 spiro atoms. The Bertz CT molecular complexity index is 179. The van der Waals surface area contributed by atoms with Gasteiger partial charge in [-0.3, -0.25) is 4.18 Å². The minimum absolute atomic E-state index is 0. The molecule has 0 aromatic rings. The Morgan fingerprint density at radius 2 is 1.60 bits per heavy atom. The van der Waals surface area contributed by atoms with Crippen molar-refractivity contribution in [2.24, 2.45) is 5.14 Å². The smallest absolute Gasteiger partial charge is 0.333 e. The highest BCUT2D eigenvalue weighted by atomic mass is 32.2. The minimum atomic E-state index is -3.78. The summed E-state index contributed by atoms with van der Waals surface area (Å²) >= 11 is 0. The molecule has 0 saturated carbocycles. The molecule has 0 radical (unpaired) electrons. The molecule has 0 bridgehead atoms. The maximum Gasteiger partial charge on any atom is 0.333 e. The van der Waals surface area contributed by atoms with Crippen LogP contribution in [0.5, 0.6) is 0 Å². The van der Waals surface area contributed by atoms with E-state index in [1.165, 1.54) is 0 Å². The molecule has 0 aliphatic heterocycles.